The highest BCUT2D eigenvalue weighted by Crippen LogP contribution is 2.24. The second kappa shape index (κ2) is 7.19. The molecule has 23 heavy (non-hydrogen) atoms. The number of rotatable bonds is 6. The summed E-state index contributed by atoms with van der Waals surface area (Å²) in [6.45, 7) is 6.07. The molecule has 0 radical (unpaired) electrons. The van der Waals surface area contributed by atoms with Crippen molar-refractivity contribution in [1.82, 2.24) is 9.97 Å². The standard InChI is InChI=1S/C21H22N2/c1-16(2)10-6-7-15-20-21(17-11-4-3-5-12-17)23-19-14-9-8-13-18(19)22-20/h3-5,8-9,11-14H,1,6-7,10,15H2,2H3. The van der Waals surface area contributed by atoms with Gasteiger partial charge in [-0.1, -0.05) is 48.0 Å². The normalized spacial score (nSPS) is 10.8. The van der Waals surface area contributed by atoms with Gasteiger partial charge in [-0.05, 0) is 44.7 Å². The molecule has 0 atom stereocenters. The second-order valence-corrected chi connectivity index (χ2v) is 6.04. The van der Waals surface area contributed by atoms with Crippen molar-refractivity contribution in [3.8, 4) is 11.3 Å². The summed E-state index contributed by atoms with van der Waals surface area (Å²) in [4.78, 5) is 9.76. The molecule has 0 aliphatic rings. The van der Waals surface area contributed by atoms with Gasteiger partial charge in [0, 0.05) is 5.56 Å². The fourth-order valence-corrected chi connectivity index (χ4v) is 2.76. The summed E-state index contributed by atoms with van der Waals surface area (Å²) in [6.07, 6.45) is 4.30. The molecule has 116 valence electrons. The highest BCUT2D eigenvalue weighted by atomic mass is 14.8. The van der Waals surface area contributed by atoms with Crippen molar-refractivity contribution in [3.63, 3.8) is 0 Å². The van der Waals surface area contributed by atoms with E-state index in [0.717, 1.165) is 53.7 Å². The van der Waals surface area contributed by atoms with E-state index in [1.54, 1.807) is 0 Å². The van der Waals surface area contributed by atoms with Gasteiger partial charge in [0.25, 0.3) is 0 Å². The Morgan fingerprint density at radius 3 is 2.22 bits per heavy atom. The largest absolute Gasteiger partial charge is 0.249 e. The summed E-state index contributed by atoms with van der Waals surface area (Å²) in [6, 6.07) is 18.4. The Morgan fingerprint density at radius 2 is 1.52 bits per heavy atom. The Hall–Kier alpha value is -2.48. The van der Waals surface area contributed by atoms with Gasteiger partial charge in [0.1, 0.15) is 0 Å². The van der Waals surface area contributed by atoms with Gasteiger partial charge in [-0.3, -0.25) is 0 Å². The summed E-state index contributed by atoms with van der Waals surface area (Å²) in [5, 5.41) is 0. The fraction of sp³-hybridized carbons (Fsp3) is 0.238. The summed E-state index contributed by atoms with van der Waals surface area (Å²) in [5.74, 6) is 0. The molecule has 2 heteroatoms. The number of aromatic nitrogens is 2. The number of allylic oxidation sites excluding steroid dienone is 1. The van der Waals surface area contributed by atoms with Gasteiger partial charge in [-0.2, -0.15) is 0 Å². The van der Waals surface area contributed by atoms with Gasteiger partial charge in [-0.15, -0.1) is 6.58 Å². The van der Waals surface area contributed by atoms with Crippen molar-refractivity contribution in [2.45, 2.75) is 32.6 Å². The van der Waals surface area contributed by atoms with Crippen LogP contribution >= 0.6 is 0 Å². The highest BCUT2D eigenvalue weighted by molar-refractivity contribution is 5.78. The monoisotopic (exact) mass is 302 g/mol. The summed E-state index contributed by atoms with van der Waals surface area (Å²) in [5.41, 5.74) is 6.42. The first kappa shape index (κ1) is 15.4. The molecule has 2 nitrogen and oxygen atoms in total. The molecule has 2 aromatic carbocycles. The van der Waals surface area contributed by atoms with E-state index in [1.165, 1.54) is 5.57 Å². The Morgan fingerprint density at radius 1 is 0.870 bits per heavy atom. The average Bonchev–Trinajstić information content (AvgIpc) is 2.58. The molecule has 3 aromatic rings. The quantitative estimate of drug-likeness (QED) is 0.438. The van der Waals surface area contributed by atoms with Crippen LogP contribution in [0.2, 0.25) is 0 Å². The van der Waals surface area contributed by atoms with Crippen LogP contribution in [0.5, 0.6) is 0 Å². The van der Waals surface area contributed by atoms with Gasteiger partial charge in [-0.25, -0.2) is 9.97 Å². The lowest BCUT2D eigenvalue weighted by Crippen LogP contribution is -1.99. The lowest BCUT2D eigenvalue weighted by molar-refractivity contribution is 0.720. The van der Waals surface area contributed by atoms with Crippen LogP contribution in [0.3, 0.4) is 0 Å². The molecule has 0 aliphatic carbocycles. The maximum Gasteiger partial charge on any atom is 0.0925 e. The lowest BCUT2D eigenvalue weighted by Gasteiger charge is -2.10. The number of nitrogens with zero attached hydrogens (tertiary/aromatic N) is 2. The topological polar surface area (TPSA) is 25.8 Å². The van der Waals surface area contributed by atoms with Crippen LogP contribution in [0.4, 0.5) is 0 Å². The molecule has 0 fully saturated rings. The van der Waals surface area contributed by atoms with Gasteiger partial charge < -0.3 is 0 Å². The third-order valence-corrected chi connectivity index (χ3v) is 3.96. The molecule has 0 aliphatic heterocycles. The number of hydrogen-bond acceptors (Lipinski definition) is 2. The van der Waals surface area contributed by atoms with Crippen LogP contribution in [0, 0.1) is 0 Å². The summed E-state index contributed by atoms with van der Waals surface area (Å²) in [7, 11) is 0. The first-order valence-corrected chi connectivity index (χ1v) is 8.19. The second-order valence-electron chi connectivity index (χ2n) is 6.04. The van der Waals surface area contributed by atoms with Crippen molar-refractivity contribution in [1.29, 1.82) is 0 Å². The first-order chi connectivity index (χ1) is 11.2. The number of fused-ring (bicyclic) bond motifs is 1. The van der Waals surface area contributed by atoms with Crippen molar-refractivity contribution < 1.29 is 0 Å². The molecule has 0 spiro atoms. The Bertz CT molecular complexity index is 806. The molecule has 0 unspecified atom stereocenters. The van der Waals surface area contributed by atoms with Crippen LogP contribution < -0.4 is 0 Å². The van der Waals surface area contributed by atoms with E-state index >= 15 is 0 Å². The molecule has 1 heterocycles. The summed E-state index contributed by atoms with van der Waals surface area (Å²) < 4.78 is 0. The van der Waals surface area contributed by atoms with Gasteiger partial charge in [0.05, 0.1) is 22.4 Å². The van der Waals surface area contributed by atoms with Gasteiger partial charge >= 0.3 is 0 Å². The molecule has 0 bridgehead atoms. The highest BCUT2D eigenvalue weighted by Gasteiger charge is 2.10. The predicted octanol–water partition coefficient (Wildman–Crippen LogP) is 5.59. The van der Waals surface area contributed by atoms with E-state index < -0.39 is 0 Å². The molecule has 0 amide bonds. The zero-order valence-electron chi connectivity index (χ0n) is 13.6. The van der Waals surface area contributed by atoms with Crippen molar-refractivity contribution in [3.05, 3.63) is 72.4 Å². The molecule has 3 rings (SSSR count). The Kier molecular flexibility index (Phi) is 4.82. The van der Waals surface area contributed by atoms with Crippen molar-refractivity contribution in [2.24, 2.45) is 0 Å². The number of aryl methyl sites for hydroxylation is 1. The average molecular weight is 302 g/mol. The third kappa shape index (κ3) is 3.84. The molecule has 0 saturated heterocycles. The van der Waals surface area contributed by atoms with Crippen molar-refractivity contribution in [2.75, 3.05) is 0 Å². The first-order valence-electron chi connectivity index (χ1n) is 8.19. The predicted molar refractivity (Wildman–Crippen MR) is 97.3 cm³/mol. The van der Waals surface area contributed by atoms with Crippen LogP contribution in [-0.4, -0.2) is 9.97 Å². The van der Waals surface area contributed by atoms with E-state index in [2.05, 4.69) is 37.8 Å². The van der Waals surface area contributed by atoms with Crippen LogP contribution in [0.15, 0.2) is 66.7 Å². The number of benzene rings is 2. The molecule has 1 aromatic heterocycles. The van der Waals surface area contributed by atoms with E-state index in [9.17, 15) is 0 Å². The number of unbranched alkanes of at least 4 members (excludes halogenated alkanes) is 1. The van der Waals surface area contributed by atoms with Crippen LogP contribution in [0.25, 0.3) is 22.3 Å². The lowest BCUT2D eigenvalue weighted by atomic mass is 10.0. The Labute approximate surface area is 137 Å². The van der Waals surface area contributed by atoms with E-state index in [0.29, 0.717) is 0 Å². The molecular formula is C21H22N2. The molecule has 0 saturated carbocycles. The zero-order chi connectivity index (χ0) is 16.1. The molecule has 0 N–H and O–H groups in total. The maximum atomic E-state index is 4.88. The van der Waals surface area contributed by atoms with Crippen LogP contribution in [0.1, 0.15) is 31.9 Å². The Balaban J connectivity index is 1.94. The van der Waals surface area contributed by atoms with Crippen LogP contribution in [-0.2, 0) is 6.42 Å². The third-order valence-electron chi connectivity index (χ3n) is 3.96. The van der Waals surface area contributed by atoms with E-state index in [-0.39, 0.29) is 0 Å². The smallest absolute Gasteiger partial charge is 0.0925 e. The fourth-order valence-electron chi connectivity index (χ4n) is 2.76. The zero-order valence-corrected chi connectivity index (χ0v) is 13.6. The molecular weight excluding hydrogens is 280 g/mol. The minimum Gasteiger partial charge on any atom is -0.249 e. The SMILES string of the molecule is C=C(C)CCCCc1nc2ccccc2nc1-c1ccccc1. The minimum atomic E-state index is 0.954. The van der Waals surface area contributed by atoms with Gasteiger partial charge in [0.2, 0.25) is 0 Å². The van der Waals surface area contributed by atoms with E-state index in [4.69, 9.17) is 9.97 Å². The number of para-hydroxylation sites is 2. The maximum absolute atomic E-state index is 4.88. The number of hydrogen-bond donors (Lipinski definition) is 0. The van der Waals surface area contributed by atoms with Gasteiger partial charge in [0.15, 0.2) is 0 Å². The minimum absolute atomic E-state index is 0.954. The summed E-state index contributed by atoms with van der Waals surface area (Å²) >= 11 is 0. The van der Waals surface area contributed by atoms with E-state index in [1.807, 2.05) is 30.3 Å². The van der Waals surface area contributed by atoms with Crippen molar-refractivity contribution >= 4 is 11.0 Å².